The van der Waals surface area contributed by atoms with Gasteiger partial charge in [-0.1, -0.05) is 35.1 Å². The molecule has 1 aromatic heterocycles. The molecule has 7 nitrogen and oxygen atoms in total. The maximum absolute atomic E-state index is 12.2. The van der Waals surface area contributed by atoms with Gasteiger partial charge in [0.05, 0.1) is 18.5 Å². The average Bonchev–Trinajstić information content (AvgIpc) is 3.07. The molecule has 0 bridgehead atoms. The third-order valence-corrected chi connectivity index (χ3v) is 5.21. The molecule has 3 N–H and O–H groups in total. The Hall–Kier alpha value is -3.10. The van der Waals surface area contributed by atoms with E-state index >= 15 is 0 Å². The number of ether oxygens (including phenoxy) is 2. The molecule has 0 radical (unpaired) electrons. The van der Waals surface area contributed by atoms with Crippen molar-refractivity contribution in [1.29, 1.82) is 0 Å². The molecule has 9 heteroatoms. The van der Waals surface area contributed by atoms with E-state index in [4.69, 9.17) is 26.8 Å². The van der Waals surface area contributed by atoms with Crippen molar-refractivity contribution in [3.63, 3.8) is 0 Å². The second-order valence-corrected chi connectivity index (χ2v) is 7.69. The molecule has 0 aliphatic rings. The molecule has 1 amide bonds. The molecule has 0 aliphatic carbocycles. The van der Waals surface area contributed by atoms with Crippen LogP contribution in [-0.4, -0.2) is 23.7 Å². The van der Waals surface area contributed by atoms with Gasteiger partial charge in [0.25, 0.3) is 5.91 Å². The fraction of sp³-hybridized carbons (Fsp3) is 0.190. The fourth-order valence-electron chi connectivity index (χ4n) is 2.58. The summed E-state index contributed by atoms with van der Waals surface area (Å²) in [6.45, 7) is 4.49. The number of nitrogens with one attached hydrogen (secondary N) is 1. The number of hydrogen-bond acceptors (Lipinski definition) is 7. The predicted octanol–water partition coefficient (Wildman–Crippen LogP) is 4.43. The maximum atomic E-state index is 12.2. The van der Waals surface area contributed by atoms with Crippen LogP contribution in [0, 0.1) is 6.92 Å². The minimum Gasteiger partial charge on any atom is -0.490 e. The van der Waals surface area contributed by atoms with E-state index in [1.54, 1.807) is 19.1 Å². The topological polar surface area (TPSA) is 98.8 Å². The van der Waals surface area contributed by atoms with Gasteiger partial charge in [-0.2, -0.15) is 5.10 Å². The van der Waals surface area contributed by atoms with Crippen LogP contribution in [0.5, 0.6) is 11.5 Å². The van der Waals surface area contributed by atoms with Crippen LogP contribution in [0.25, 0.3) is 0 Å². The van der Waals surface area contributed by atoms with Crippen molar-refractivity contribution in [2.24, 2.45) is 5.10 Å². The van der Waals surface area contributed by atoms with Crippen molar-refractivity contribution >= 4 is 40.2 Å². The summed E-state index contributed by atoms with van der Waals surface area (Å²) in [6.07, 6.45) is 1.53. The van der Waals surface area contributed by atoms with Crippen molar-refractivity contribution in [2.75, 3.05) is 12.3 Å². The van der Waals surface area contributed by atoms with E-state index in [-0.39, 0.29) is 5.91 Å². The van der Waals surface area contributed by atoms with Crippen LogP contribution in [-0.2, 0) is 6.61 Å². The highest BCUT2D eigenvalue weighted by Crippen LogP contribution is 2.29. The molecule has 0 unspecified atom stereocenters. The normalized spacial score (nSPS) is 10.9. The Morgan fingerprint density at radius 2 is 2.00 bits per heavy atom. The molecule has 0 atom stereocenters. The molecule has 0 saturated carbocycles. The Morgan fingerprint density at radius 3 is 2.67 bits per heavy atom. The van der Waals surface area contributed by atoms with E-state index in [9.17, 15) is 4.79 Å². The number of hydrazone groups is 1. The van der Waals surface area contributed by atoms with Crippen LogP contribution in [0.2, 0.25) is 5.02 Å². The summed E-state index contributed by atoms with van der Waals surface area (Å²) in [5.41, 5.74) is 10.4. The smallest absolute Gasteiger partial charge is 0.283 e. The van der Waals surface area contributed by atoms with Gasteiger partial charge in [0.1, 0.15) is 11.5 Å². The zero-order valence-corrected chi connectivity index (χ0v) is 18.1. The van der Waals surface area contributed by atoms with Gasteiger partial charge in [-0.05, 0) is 55.3 Å². The lowest BCUT2D eigenvalue weighted by Crippen LogP contribution is -2.17. The monoisotopic (exact) mass is 444 g/mol. The maximum Gasteiger partial charge on any atom is 0.283 e. The van der Waals surface area contributed by atoms with E-state index in [0.29, 0.717) is 45.4 Å². The number of thiazole rings is 1. The van der Waals surface area contributed by atoms with Crippen molar-refractivity contribution in [1.82, 2.24) is 10.4 Å². The summed E-state index contributed by atoms with van der Waals surface area (Å²) in [4.78, 5) is 16.6. The van der Waals surface area contributed by atoms with Crippen LogP contribution in [0.4, 0.5) is 5.13 Å². The predicted molar refractivity (Wildman–Crippen MR) is 120 cm³/mol. The standard InChI is InChI=1S/C21H21ClN4O3S/c1-3-28-18-10-15(11-24-26-20(27)19-13(2)25-21(23)30-19)6-9-17(18)29-12-14-4-7-16(22)8-5-14/h4-11H,3,12H2,1-2H3,(H2,23,25)(H,26,27). The third kappa shape index (κ3) is 5.71. The molecule has 0 fully saturated rings. The number of nitrogens with zero attached hydrogens (tertiary/aromatic N) is 2. The summed E-state index contributed by atoms with van der Waals surface area (Å²) in [5, 5.41) is 5.03. The van der Waals surface area contributed by atoms with Gasteiger partial charge in [-0.3, -0.25) is 4.79 Å². The number of carbonyl (C=O) groups is 1. The minimum atomic E-state index is -0.356. The second-order valence-electron chi connectivity index (χ2n) is 6.22. The first kappa shape index (κ1) is 21.6. The van der Waals surface area contributed by atoms with Gasteiger partial charge in [0, 0.05) is 5.02 Å². The number of halogens is 1. The third-order valence-electron chi connectivity index (χ3n) is 3.97. The van der Waals surface area contributed by atoms with E-state index in [0.717, 1.165) is 22.5 Å². The lowest BCUT2D eigenvalue weighted by Gasteiger charge is -2.12. The van der Waals surface area contributed by atoms with Crippen LogP contribution in [0.15, 0.2) is 47.6 Å². The molecule has 2 aromatic carbocycles. The number of rotatable bonds is 8. The first-order chi connectivity index (χ1) is 14.5. The Kier molecular flexibility index (Phi) is 7.26. The van der Waals surface area contributed by atoms with Crippen molar-refractivity contribution in [2.45, 2.75) is 20.5 Å². The fourth-order valence-corrected chi connectivity index (χ4v) is 3.43. The highest BCUT2D eigenvalue weighted by atomic mass is 35.5. The SMILES string of the molecule is CCOc1cc(C=NNC(=O)c2sc(N)nc2C)ccc1OCc1ccc(Cl)cc1. The van der Waals surface area contributed by atoms with E-state index in [2.05, 4.69) is 15.5 Å². The number of hydrogen-bond donors (Lipinski definition) is 2. The summed E-state index contributed by atoms with van der Waals surface area (Å²) in [6, 6.07) is 12.9. The van der Waals surface area contributed by atoms with Crippen LogP contribution in [0.1, 0.15) is 33.4 Å². The number of carbonyl (C=O) groups excluding carboxylic acids is 1. The van der Waals surface area contributed by atoms with Crippen LogP contribution >= 0.6 is 22.9 Å². The number of aryl methyl sites for hydroxylation is 1. The van der Waals surface area contributed by atoms with Gasteiger partial charge in [0.2, 0.25) is 0 Å². The summed E-state index contributed by atoms with van der Waals surface area (Å²) < 4.78 is 11.6. The van der Waals surface area contributed by atoms with Gasteiger partial charge >= 0.3 is 0 Å². The molecule has 3 aromatic rings. The second kappa shape index (κ2) is 10.1. The number of nitrogens with two attached hydrogens (primary N) is 1. The zero-order chi connectivity index (χ0) is 21.5. The minimum absolute atomic E-state index is 0.345. The van der Waals surface area contributed by atoms with Crippen molar-refractivity contribution in [3.05, 3.63) is 69.2 Å². The van der Waals surface area contributed by atoms with E-state index < -0.39 is 0 Å². The van der Waals surface area contributed by atoms with Gasteiger partial charge in [0.15, 0.2) is 16.6 Å². The molecule has 0 saturated heterocycles. The molecule has 0 aliphatic heterocycles. The van der Waals surface area contributed by atoms with Gasteiger partial charge in [-0.25, -0.2) is 10.4 Å². The number of benzene rings is 2. The highest BCUT2D eigenvalue weighted by molar-refractivity contribution is 7.17. The number of aromatic nitrogens is 1. The number of anilines is 1. The molecule has 30 heavy (non-hydrogen) atoms. The van der Waals surface area contributed by atoms with Crippen molar-refractivity contribution < 1.29 is 14.3 Å². The first-order valence-electron chi connectivity index (χ1n) is 9.16. The number of nitrogen functional groups attached to an aromatic ring is 1. The van der Waals surface area contributed by atoms with Crippen molar-refractivity contribution in [3.8, 4) is 11.5 Å². The molecular formula is C21H21ClN4O3S. The quantitative estimate of drug-likeness (QED) is 0.395. The van der Waals surface area contributed by atoms with E-state index in [1.807, 2.05) is 37.3 Å². The average molecular weight is 445 g/mol. The summed E-state index contributed by atoms with van der Waals surface area (Å²) in [7, 11) is 0. The lowest BCUT2D eigenvalue weighted by atomic mass is 10.2. The Bertz CT molecular complexity index is 1050. The summed E-state index contributed by atoms with van der Waals surface area (Å²) in [5.74, 6) is 0.850. The Labute approximate surface area is 183 Å². The highest BCUT2D eigenvalue weighted by Gasteiger charge is 2.13. The molecule has 156 valence electrons. The van der Waals surface area contributed by atoms with Gasteiger partial charge < -0.3 is 15.2 Å². The zero-order valence-electron chi connectivity index (χ0n) is 16.5. The van der Waals surface area contributed by atoms with Crippen LogP contribution < -0.4 is 20.6 Å². The Morgan fingerprint density at radius 1 is 1.23 bits per heavy atom. The molecule has 1 heterocycles. The summed E-state index contributed by atoms with van der Waals surface area (Å²) >= 11 is 7.03. The number of amides is 1. The lowest BCUT2D eigenvalue weighted by molar-refractivity contribution is 0.0958. The molecular weight excluding hydrogens is 424 g/mol. The van der Waals surface area contributed by atoms with Gasteiger partial charge in [-0.15, -0.1) is 0 Å². The molecule has 3 rings (SSSR count). The van der Waals surface area contributed by atoms with Crippen LogP contribution in [0.3, 0.4) is 0 Å². The Balaban J connectivity index is 1.66. The van der Waals surface area contributed by atoms with E-state index in [1.165, 1.54) is 6.21 Å². The largest absolute Gasteiger partial charge is 0.490 e. The molecule has 0 spiro atoms. The first-order valence-corrected chi connectivity index (χ1v) is 10.4.